The summed E-state index contributed by atoms with van der Waals surface area (Å²) in [6.07, 6.45) is 0. The average molecular weight is 221 g/mol. The van der Waals surface area contributed by atoms with Crippen LogP contribution in [-0.4, -0.2) is 25.8 Å². The summed E-state index contributed by atoms with van der Waals surface area (Å²) >= 11 is 0. The van der Waals surface area contributed by atoms with Crippen molar-refractivity contribution in [2.24, 2.45) is 0 Å². The summed E-state index contributed by atoms with van der Waals surface area (Å²) in [5.41, 5.74) is 1.60. The first-order chi connectivity index (χ1) is 7.47. The number of ether oxygens (including phenoxy) is 1. The Morgan fingerprint density at radius 2 is 1.94 bits per heavy atom. The van der Waals surface area contributed by atoms with Gasteiger partial charge in [-0.25, -0.2) is 0 Å². The fourth-order valence-electron chi connectivity index (χ4n) is 1.41. The number of carbonyl (C=O) groups excluding carboxylic acids is 2. The van der Waals surface area contributed by atoms with Crippen molar-refractivity contribution in [1.82, 2.24) is 0 Å². The van der Waals surface area contributed by atoms with Crippen LogP contribution >= 0.6 is 0 Å². The Balaban J connectivity index is 3.15. The lowest BCUT2D eigenvalue weighted by molar-refractivity contribution is -0.134. The highest BCUT2D eigenvalue weighted by atomic mass is 16.5. The van der Waals surface area contributed by atoms with Crippen molar-refractivity contribution in [3.63, 3.8) is 0 Å². The number of rotatable bonds is 3. The van der Waals surface area contributed by atoms with E-state index in [4.69, 9.17) is 4.74 Å². The van der Waals surface area contributed by atoms with Gasteiger partial charge in [0.25, 0.3) is 5.91 Å². The third kappa shape index (κ3) is 2.39. The molecule has 0 heterocycles. The maximum Gasteiger partial charge on any atom is 0.293 e. The van der Waals surface area contributed by atoms with Crippen molar-refractivity contribution in [3.8, 4) is 5.75 Å². The van der Waals surface area contributed by atoms with Gasteiger partial charge in [-0.3, -0.25) is 9.59 Å². The number of ketones is 1. The molecule has 0 fully saturated rings. The van der Waals surface area contributed by atoms with Crippen LogP contribution in [0.5, 0.6) is 5.75 Å². The molecule has 0 aliphatic rings. The number of likely N-dealkylation sites (N-methyl/N-ethyl adjacent to an activating group) is 1. The number of amides is 1. The molecule has 0 unspecified atom stereocenters. The van der Waals surface area contributed by atoms with Gasteiger partial charge in [-0.2, -0.15) is 0 Å². The van der Waals surface area contributed by atoms with Gasteiger partial charge < -0.3 is 9.64 Å². The fraction of sp³-hybridized carbons (Fsp3) is 0.333. The van der Waals surface area contributed by atoms with Gasteiger partial charge in [0.15, 0.2) is 0 Å². The summed E-state index contributed by atoms with van der Waals surface area (Å²) in [4.78, 5) is 23.9. The van der Waals surface area contributed by atoms with Crippen LogP contribution in [0.1, 0.15) is 12.5 Å². The molecule has 86 valence electrons. The zero-order valence-corrected chi connectivity index (χ0v) is 9.90. The number of aryl methyl sites for hydroxylation is 1. The van der Waals surface area contributed by atoms with E-state index in [0.717, 1.165) is 5.56 Å². The monoisotopic (exact) mass is 221 g/mol. The Bertz CT molecular complexity index is 426. The minimum atomic E-state index is -0.552. The van der Waals surface area contributed by atoms with Gasteiger partial charge in [0.05, 0.1) is 12.8 Å². The van der Waals surface area contributed by atoms with Gasteiger partial charge in [0.2, 0.25) is 5.78 Å². The predicted octanol–water partition coefficient (Wildman–Crippen LogP) is 1.56. The fourth-order valence-corrected chi connectivity index (χ4v) is 1.41. The van der Waals surface area contributed by atoms with Gasteiger partial charge in [0.1, 0.15) is 5.75 Å². The lowest BCUT2D eigenvalue weighted by Crippen LogP contribution is -2.31. The van der Waals surface area contributed by atoms with Crippen molar-refractivity contribution in [2.75, 3.05) is 19.1 Å². The van der Waals surface area contributed by atoms with E-state index in [1.165, 1.54) is 18.9 Å². The zero-order chi connectivity index (χ0) is 12.3. The molecule has 1 aromatic rings. The molecule has 0 aliphatic heterocycles. The second kappa shape index (κ2) is 4.79. The van der Waals surface area contributed by atoms with Crippen LogP contribution in [0, 0.1) is 6.92 Å². The average Bonchev–Trinajstić information content (AvgIpc) is 2.26. The lowest BCUT2D eigenvalue weighted by atomic mass is 10.2. The number of Topliss-reactive ketones (excluding diaryl/α,β-unsaturated/α-hetero) is 1. The predicted molar refractivity (Wildman–Crippen MR) is 61.8 cm³/mol. The summed E-state index contributed by atoms with van der Waals surface area (Å²) in [5, 5.41) is 0. The molecule has 1 amide bonds. The normalized spacial score (nSPS) is 9.75. The van der Waals surface area contributed by atoms with Crippen LogP contribution in [0.15, 0.2) is 18.2 Å². The molecule has 0 saturated carbocycles. The van der Waals surface area contributed by atoms with Crippen molar-refractivity contribution >= 4 is 17.4 Å². The molecule has 0 aromatic heterocycles. The van der Waals surface area contributed by atoms with E-state index >= 15 is 0 Å². The number of carbonyl (C=O) groups is 2. The highest BCUT2D eigenvalue weighted by molar-refractivity contribution is 6.40. The largest absolute Gasteiger partial charge is 0.495 e. The van der Waals surface area contributed by atoms with Gasteiger partial charge >= 0.3 is 0 Å². The summed E-state index contributed by atoms with van der Waals surface area (Å²) in [6, 6.07) is 5.46. The first-order valence-electron chi connectivity index (χ1n) is 4.90. The molecular formula is C12H15NO3. The van der Waals surface area contributed by atoms with Crippen LogP contribution in [0.3, 0.4) is 0 Å². The number of benzene rings is 1. The van der Waals surface area contributed by atoms with Crippen LogP contribution in [0.4, 0.5) is 5.69 Å². The number of hydrogen-bond donors (Lipinski definition) is 0. The van der Waals surface area contributed by atoms with E-state index in [-0.39, 0.29) is 0 Å². The van der Waals surface area contributed by atoms with Crippen LogP contribution in [-0.2, 0) is 9.59 Å². The molecule has 0 radical (unpaired) electrons. The molecule has 16 heavy (non-hydrogen) atoms. The number of hydrogen-bond acceptors (Lipinski definition) is 3. The van der Waals surface area contributed by atoms with Crippen molar-refractivity contribution in [3.05, 3.63) is 23.8 Å². The summed E-state index contributed by atoms with van der Waals surface area (Å²) in [5.74, 6) is -0.474. The molecule has 0 aliphatic carbocycles. The highest BCUT2D eigenvalue weighted by Crippen LogP contribution is 2.28. The molecule has 0 atom stereocenters. The Morgan fingerprint density at radius 1 is 1.31 bits per heavy atom. The minimum Gasteiger partial charge on any atom is -0.495 e. The van der Waals surface area contributed by atoms with E-state index in [9.17, 15) is 9.59 Å². The SMILES string of the molecule is COc1ccc(C)cc1N(C)C(=O)C(C)=O. The van der Waals surface area contributed by atoms with E-state index in [0.29, 0.717) is 11.4 Å². The molecular weight excluding hydrogens is 206 g/mol. The van der Waals surface area contributed by atoms with Gasteiger partial charge in [-0.15, -0.1) is 0 Å². The maximum atomic E-state index is 11.5. The molecule has 0 saturated heterocycles. The number of nitrogens with zero attached hydrogens (tertiary/aromatic N) is 1. The van der Waals surface area contributed by atoms with Gasteiger partial charge in [-0.1, -0.05) is 6.07 Å². The number of methoxy groups -OCH3 is 1. The Labute approximate surface area is 94.8 Å². The van der Waals surface area contributed by atoms with Crippen LogP contribution in [0.25, 0.3) is 0 Å². The zero-order valence-electron chi connectivity index (χ0n) is 9.90. The maximum absolute atomic E-state index is 11.5. The van der Waals surface area contributed by atoms with Crippen LogP contribution in [0.2, 0.25) is 0 Å². The Hall–Kier alpha value is -1.84. The molecule has 1 rings (SSSR count). The quantitative estimate of drug-likeness (QED) is 0.727. The van der Waals surface area contributed by atoms with E-state index in [1.54, 1.807) is 19.2 Å². The lowest BCUT2D eigenvalue weighted by Gasteiger charge is -2.19. The Kier molecular flexibility index (Phi) is 3.66. The second-order valence-corrected chi connectivity index (χ2v) is 3.60. The third-order valence-corrected chi connectivity index (χ3v) is 2.30. The smallest absolute Gasteiger partial charge is 0.293 e. The molecule has 4 nitrogen and oxygen atoms in total. The van der Waals surface area contributed by atoms with Crippen molar-refractivity contribution in [2.45, 2.75) is 13.8 Å². The topological polar surface area (TPSA) is 46.6 Å². The highest BCUT2D eigenvalue weighted by Gasteiger charge is 2.18. The standard InChI is InChI=1S/C12H15NO3/c1-8-5-6-11(16-4)10(7-8)13(3)12(15)9(2)14/h5-7H,1-4H3. The third-order valence-electron chi connectivity index (χ3n) is 2.30. The summed E-state index contributed by atoms with van der Waals surface area (Å²) in [7, 11) is 3.08. The first-order valence-corrected chi connectivity index (χ1v) is 4.90. The minimum absolute atomic E-state index is 0.494. The van der Waals surface area contributed by atoms with E-state index < -0.39 is 11.7 Å². The second-order valence-electron chi connectivity index (χ2n) is 3.60. The number of anilines is 1. The Morgan fingerprint density at radius 3 is 2.44 bits per heavy atom. The molecule has 1 aromatic carbocycles. The summed E-state index contributed by atoms with van der Waals surface area (Å²) < 4.78 is 5.15. The van der Waals surface area contributed by atoms with Crippen molar-refractivity contribution < 1.29 is 14.3 Å². The van der Waals surface area contributed by atoms with E-state index in [1.807, 2.05) is 13.0 Å². The molecule has 0 spiro atoms. The molecule has 0 N–H and O–H groups in total. The summed E-state index contributed by atoms with van der Waals surface area (Å²) in [6.45, 7) is 3.16. The van der Waals surface area contributed by atoms with E-state index in [2.05, 4.69) is 0 Å². The van der Waals surface area contributed by atoms with Crippen molar-refractivity contribution in [1.29, 1.82) is 0 Å². The van der Waals surface area contributed by atoms with Gasteiger partial charge in [-0.05, 0) is 24.6 Å². The molecule has 0 bridgehead atoms. The molecule has 4 heteroatoms. The van der Waals surface area contributed by atoms with Gasteiger partial charge in [0, 0.05) is 14.0 Å². The first kappa shape index (κ1) is 12.2. The van der Waals surface area contributed by atoms with Crippen LogP contribution < -0.4 is 9.64 Å².